The monoisotopic (exact) mass is 400 g/mol. The number of benzene rings is 3. The van der Waals surface area contributed by atoms with Crippen LogP contribution in [0.4, 0.5) is 0 Å². The van der Waals surface area contributed by atoms with E-state index in [1.807, 2.05) is 6.92 Å². The Hall–Kier alpha value is -2.28. The van der Waals surface area contributed by atoms with Gasteiger partial charge in [-0.1, -0.05) is 68.3 Å². The molecule has 0 bridgehead atoms. The van der Waals surface area contributed by atoms with Gasteiger partial charge in [-0.25, -0.2) is 0 Å². The second kappa shape index (κ2) is 10.2. The lowest BCUT2D eigenvalue weighted by Gasteiger charge is -2.28. The first kappa shape index (κ1) is 21.0. The maximum absolute atomic E-state index is 5.62. The minimum absolute atomic E-state index is 0.711. The summed E-state index contributed by atoms with van der Waals surface area (Å²) in [7, 11) is 0. The third kappa shape index (κ3) is 5.25. The van der Waals surface area contributed by atoms with Crippen LogP contribution in [0.2, 0.25) is 0 Å². The average molecular weight is 401 g/mol. The minimum atomic E-state index is 0.711. The standard InChI is InChI=1S/C29H36O/c1-3-5-22-8-13-25(14-9-22)26-15-10-23(11-16-26)6-7-24-12-17-28-21-29(30-4-2)19-18-27(28)20-24/h10-12,15-22,25H,3-9,13-14H2,1-2H3. The van der Waals surface area contributed by atoms with Gasteiger partial charge in [-0.2, -0.15) is 0 Å². The molecule has 1 fully saturated rings. The molecular formula is C29H36O. The molecule has 3 aromatic rings. The molecule has 1 aliphatic rings. The van der Waals surface area contributed by atoms with Gasteiger partial charge in [0.05, 0.1) is 6.61 Å². The number of hydrogen-bond donors (Lipinski definition) is 0. The first-order chi connectivity index (χ1) is 14.7. The van der Waals surface area contributed by atoms with Gasteiger partial charge in [0.25, 0.3) is 0 Å². The van der Waals surface area contributed by atoms with Gasteiger partial charge >= 0.3 is 0 Å². The van der Waals surface area contributed by atoms with E-state index < -0.39 is 0 Å². The number of fused-ring (bicyclic) bond motifs is 1. The molecule has 0 radical (unpaired) electrons. The van der Waals surface area contributed by atoms with E-state index in [0.717, 1.165) is 30.4 Å². The molecule has 4 rings (SSSR count). The smallest absolute Gasteiger partial charge is 0.119 e. The summed E-state index contributed by atoms with van der Waals surface area (Å²) < 4.78 is 5.62. The van der Waals surface area contributed by atoms with E-state index >= 15 is 0 Å². The Labute approximate surface area is 182 Å². The van der Waals surface area contributed by atoms with Crippen molar-refractivity contribution in [1.29, 1.82) is 0 Å². The van der Waals surface area contributed by atoms with Gasteiger partial charge in [0.2, 0.25) is 0 Å². The van der Waals surface area contributed by atoms with Crippen LogP contribution in [-0.2, 0) is 12.8 Å². The van der Waals surface area contributed by atoms with Crippen LogP contribution in [0, 0.1) is 5.92 Å². The fraction of sp³-hybridized carbons (Fsp3) is 0.448. The second-order valence-corrected chi connectivity index (χ2v) is 9.02. The minimum Gasteiger partial charge on any atom is -0.494 e. The highest BCUT2D eigenvalue weighted by molar-refractivity contribution is 5.84. The van der Waals surface area contributed by atoms with Gasteiger partial charge in [-0.05, 0) is 96.9 Å². The zero-order valence-electron chi connectivity index (χ0n) is 18.7. The van der Waals surface area contributed by atoms with Crippen molar-refractivity contribution in [3.8, 4) is 5.75 Å². The highest BCUT2D eigenvalue weighted by Crippen LogP contribution is 2.37. The Bertz CT molecular complexity index is 932. The molecule has 0 amide bonds. The molecule has 3 aromatic carbocycles. The van der Waals surface area contributed by atoms with Crippen molar-refractivity contribution in [3.05, 3.63) is 77.4 Å². The van der Waals surface area contributed by atoms with E-state index in [1.54, 1.807) is 5.56 Å². The van der Waals surface area contributed by atoms with Crippen molar-refractivity contribution >= 4 is 10.8 Å². The summed E-state index contributed by atoms with van der Waals surface area (Å²) in [6, 6.07) is 22.7. The number of hydrogen-bond acceptors (Lipinski definition) is 1. The lowest BCUT2D eigenvalue weighted by molar-refractivity contribution is 0.308. The topological polar surface area (TPSA) is 9.23 Å². The lowest BCUT2D eigenvalue weighted by Crippen LogP contribution is -2.13. The van der Waals surface area contributed by atoms with Gasteiger partial charge in [0.15, 0.2) is 0 Å². The van der Waals surface area contributed by atoms with E-state index in [0.29, 0.717) is 6.61 Å². The molecule has 0 aliphatic heterocycles. The Balaban J connectivity index is 1.33. The zero-order chi connectivity index (χ0) is 20.8. The second-order valence-electron chi connectivity index (χ2n) is 9.02. The van der Waals surface area contributed by atoms with Crippen LogP contribution in [0.1, 0.15) is 75.0 Å². The summed E-state index contributed by atoms with van der Waals surface area (Å²) in [6.45, 7) is 5.06. The fourth-order valence-electron chi connectivity index (χ4n) is 5.12. The van der Waals surface area contributed by atoms with Crippen LogP contribution in [0.15, 0.2) is 60.7 Å². The average Bonchev–Trinajstić information content (AvgIpc) is 2.79. The molecule has 1 aliphatic carbocycles. The predicted molar refractivity (Wildman–Crippen MR) is 129 cm³/mol. The molecule has 1 saturated carbocycles. The van der Waals surface area contributed by atoms with Crippen molar-refractivity contribution in [3.63, 3.8) is 0 Å². The SMILES string of the molecule is CCCC1CCC(c2ccc(CCc3ccc4cc(OCC)ccc4c3)cc2)CC1. The molecule has 0 heterocycles. The molecule has 30 heavy (non-hydrogen) atoms. The van der Waals surface area contributed by atoms with Crippen LogP contribution in [-0.4, -0.2) is 6.61 Å². The molecule has 0 unspecified atom stereocenters. The Morgan fingerprint density at radius 1 is 0.733 bits per heavy atom. The van der Waals surface area contributed by atoms with Crippen molar-refractivity contribution in [2.24, 2.45) is 5.92 Å². The largest absolute Gasteiger partial charge is 0.494 e. The Morgan fingerprint density at radius 3 is 2.13 bits per heavy atom. The summed E-state index contributed by atoms with van der Waals surface area (Å²) >= 11 is 0. The molecule has 0 atom stereocenters. The number of aryl methyl sites for hydroxylation is 2. The first-order valence-corrected chi connectivity index (χ1v) is 12.0. The molecular weight excluding hydrogens is 364 g/mol. The van der Waals surface area contributed by atoms with Crippen molar-refractivity contribution in [2.45, 2.75) is 71.1 Å². The third-order valence-electron chi connectivity index (χ3n) is 6.88. The summed E-state index contributed by atoms with van der Waals surface area (Å²) in [5.74, 6) is 2.73. The maximum Gasteiger partial charge on any atom is 0.119 e. The van der Waals surface area contributed by atoms with Gasteiger partial charge in [-0.3, -0.25) is 0 Å². The van der Waals surface area contributed by atoms with E-state index in [1.165, 1.54) is 60.4 Å². The fourth-order valence-corrected chi connectivity index (χ4v) is 5.12. The van der Waals surface area contributed by atoms with Crippen LogP contribution in [0.3, 0.4) is 0 Å². The molecule has 1 heteroatoms. The van der Waals surface area contributed by atoms with E-state index in [2.05, 4.69) is 67.6 Å². The molecule has 1 nitrogen and oxygen atoms in total. The van der Waals surface area contributed by atoms with Crippen molar-refractivity contribution < 1.29 is 4.74 Å². The van der Waals surface area contributed by atoms with Crippen LogP contribution in [0.25, 0.3) is 10.8 Å². The summed E-state index contributed by atoms with van der Waals surface area (Å²) in [6.07, 6.45) is 10.6. The summed E-state index contributed by atoms with van der Waals surface area (Å²) in [5, 5.41) is 2.55. The highest BCUT2D eigenvalue weighted by Gasteiger charge is 2.21. The number of ether oxygens (including phenoxy) is 1. The van der Waals surface area contributed by atoms with Crippen LogP contribution >= 0.6 is 0 Å². The normalized spacial score (nSPS) is 19.1. The molecule has 158 valence electrons. The van der Waals surface area contributed by atoms with Gasteiger partial charge in [0, 0.05) is 0 Å². The Morgan fingerprint density at radius 2 is 1.40 bits per heavy atom. The summed E-state index contributed by atoms with van der Waals surface area (Å²) in [5.41, 5.74) is 4.42. The Kier molecular flexibility index (Phi) is 7.10. The molecule has 0 aromatic heterocycles. The molecule has 0 N–H and O–H groups in total. The van der Waals surface area contributed by atoms with E-state index in [4.69, 9.17) is 4.74 Å². The lowest BCUT2D eigenvalue weighted by atomic mass is 9.77. The van der Waals surface area contributed by atoms with E-state index in [9.17, 15) is 0 Å². The van der Waals surface area contributed by atoms with E-state index in [-0.39, 0.29) is 0 Å². The zero-order valence-corrected chi connectivity index (χ0v) is 18.7. The first-order valence-electron chi connectivity index (χ1n) is 12.0. The van der Waals surface area contributed by atoms with Crippen LogP contribution in [0.5, 0.6) is 5.75 Å². The van der Waals surface area contributed by atoms with Gasteiger partial charge < -0.3 is 4.74 Å². The quantitative estimate of drug-likeness (QED) is 0.371. The van der Waals surface area contributed by atoms with Crippen molar-refractivity contribution in [1.82, 2.24) is 0 Å². The molecule has 0 spiro atoms. The van der Waals surface area contributed by atoms with Gasteiger partial charge in [0.1, 0.15) is 5.75 Å². The third-order valence-corrected chi connectivity index (χ3v) is 6.88. The van der Waals surface area contributed by atoms with Crippen LogP contribution < -0.4 is 4.74 Å². The van der Waals surface area contributed by atoms with Gasteiger partial charge in [-0.15, -0.1) is 0 Å². The highest BCUT2D eigenvalue weighted by atomic mass is 16.5. The maximum atomic E-state index is 5.62. The summed E-state index contributed by atoms with van der Waals surface area (Å²) in [4.78, 5) is 0. The van der Waals surface area contributed by atoms with Crippen molar-refractivity contribution in [2.75, 3.05) is 6.61 Å². The predicted octanol–water partition coefficient (Wildman–Crippen LogP) is 8.10. The number of rotatable bonds is 8. The molecule has 0 saturated heterocycles.